The molecule has 1 aliphatic rings. The lowest BCUT2D eigenvalue weighted by Gasteiger charge is -2.21. The minimum atomic E-state index is -0.390. The van der Waals surface area contributed by atoms with Crippen LogP contribution in [0.25, 0.3) is 0 Å². The number of hydrogen-bond donors (Lipinski definition) is 2. The number of hydrogen-bond acceptors (Lipinski definition) is 4. The van der Waals surface area contributed by atoms with Gasteiger partial charge in [-0.2, -0.15) is 5.26 Å². The molecule has 5 nitrogen and oxygen atoms in total. The number of fused-ring (bicyclic) bond motifs is 1. The Bertz CT molecular complexity index is 973. The Labute approximate surface area is 185 Å². The first-order valence-corrected chi connectivity index (χ1v) is 11.0. The highest BCUT2D eigenvalue weighted by Gasteiger charge is 2.16. The van der Waals surface area contributed by atoms with E-state index in [0.717, 1.165) is 30.6 Å². The first-order valence-electron chi connectivity index (χ1n) is 11.0. The SMILES string of the molecule is CCC(N/C=C(/C#N)C(=O)NC(C)c1ccc(OC)cc1)c1ccc2c(c1)CCCC2. The normalized spacial score (nSPS) is 15.2. The van der Waals surface area contributed by atoms with Gasteiger partial charge in [-0.1, -0.05) is 37.3 Å². The molecule has 1 amide bonds. The van der Waals surface area contributed by atoms with Crippen LogP contribution in [0.15, 0.2) is 54.2 Å². The fourth-order valence-corrected chi connectivity index (χ4v) is 4.00. The molecular formula is C26H31N3O2. The molecule has 0 saturated carbocycles. The van der Waals surface area contributed by atoms with Gasteiger partial charge in [-0.25, -0.2) is 0 Å². The van der Waals surface area contributed by atoms with E-state index in [1.165, 1.54) is 29.5 Å². The predicted octanol–water partition coefficient (Wildman–Crippen LogP) is 4.90. The largest absolute Gasteiger partial charge is 0.497 e. The molecule has 0 spiro atoms. The average Bonchev–Trinajstić information content (AvgIpc) is 2.81. The smallest absolute Gasteiger partial charge is 0.263 e. The number of carbonyl (C=O) groups is 1. The lowest BCUT2D eigenvalue weighted by molar-refractivity contribution is -0.117. The van der Waals surface area contributed by atoms with E-state index in [9.17, 15) is 10.1 Å². The Morgan fingerprint density at radius 2 is 1.81 bits per heavy atom. The number of nitriles is 1. The first kappa shape index (κ1) is 22.4. The molecule has 2 aromatic rings. The zero-order chi connectivity index (χ0) is 22.2. The maximum atomic E-state index is 12.6. The van der Waals surface area contributed by atoms with Gasteiger partial charge in [-0.05, 0) is 73.4 Å². The molecule has 2 N–H and O–H groups in total. The van der Waals surface area contributed by atoms with Crippen LogP contribution >= 0.6 is 0 Å². The topological polar surface area (TPSA) is 74.2 Å². The Morgan fingerprint density at radius 1 is 1.13 bits per heavy atom. The molecule has 0 aromatic heterocycles. The molecule has 0 aliphatic heterocycles. The van der Waals surface area contributed by atoms with Crippen LogP contribution in [0, 0.1) is 11.3 Å². The second-order valence-corrected chi connectivity index (χ2v) is 8.00. The zero-order valence-corrected chi connectivity index (χ0v) is 18.6. The first-order chi connectivity index (χ1) is 15.0. The minimum Gasteiger partial charge on any atom is -0.497 e. The molecule has 2 aromatic carbocycles. The number of aryl methyl sites for hydroxylation is 2. The lowest BCUT2D eigenvalue weighted by atomic mass is 9.89. The lowest BCUT2D eigenvalue weighted by Crippen LogP contribution is -2.29. The van der Waals surface area contributed by atoms with E-state index in [0.29, 0.717) is 0 Å². The van der Waals surface area contributed by atoms with Crippen molar-refractivity contribution in [2.75, 3.05) is 7.11 Å². The summed E-state index contributed by atoms with van der Waals surface area (Å²) in [5, 5.41) is 15.7. The highest BCUT2D eigenvalue weighted by atomic mass is 16.5. The van der Waals surface area contributed by atoms with E-state index in [4.69, 9.17) is 4.74 Å². The van der Waals surface area contributed by atoms with Gasteiger partial charge >= 0.3 is 0 Å². The highest BCUT2D eigenvalue weighted by molar-refractivity contribution is 5.97. The van der Waals surface area contributed by atoms with Crippen LogP contribution in [0.3, 0.4) is 0 Å². The number of methoxy groups -OCH3 is 1. The van der Waals surface area contributed by atoms with Crippen molar-refractivity contribution >= 4 is 5.91 Å². The van der Waals surface area contributed by atoms with E-state index in [1.54, 1.807) is 13.3 Å². The van der Waals surface area contributed by atoms with Crippen molar-refractivity contribution in [1.82, 2.24) is 10.6 Å². The molecule has 162 valence electrons. The number of benzene rings is 2. The van der Waals surface area contributed by atoms with Gasteiger partial charge in [0.05, 0.1) is 19.2 Å². The third-order valence-corrected chi connectivity index (χ3v) is 5.94. The van der Waals surface area contributed by atoms with Gasteiger partial charge in [0, 0.05) is 6.20 Å². The van der Waals surface area contributed by atoms with Crippen molar-refractivity contribution in [1.29, 1.82) is 5.26 Å². The van der Waals surface area contributed by atoms with Gasteiger partial charge in [-0.3, -0.25) is 4.79 Å². The van der Waals surface area contributed by atoms with Crippen molar-refractivity contribution in [2.24, 2.45) is 0 Å². The third kappa shape index (κ3) is 5.67. The molecule has 1 aliphatic carbocycles. The molecule has 0 bridgehead atoms. The summed E-state index contributed by atoms with van der Waals surface area (Å²) in [4.78, 5) is 12.6. The van der Waals surface area contributed by atoms with Crippen LogP contribution in [0.5, 0.6) is 5.75 Å². The van der Waals surface area contributed by atoms with Crippen LogP contribution in [-0.4, -0.2) is 13.0 Å². The Kier molecular flexibility index (Phi) is 7.72. The van der Waals surface area contributed by atoms with Crippen LogP contribution in [0.1, 0.15) is 67.4 Å². The van der Waals surface area contributed by atoms with Crippen molar-refractivity contribution in [2.45, 2.75) is 58.0 Å². The number of nitrogens with one attached hydrogen (secondary N) is 2. The van der Waals surface area contributed by atoms with Gasteiger partial charge in [0.1, 0.15) is 17.4 Å². The summed E-state index contributed by atoms with van der Waals surface area (Å²) in [5.74, 6) is 0.371. The summed E-state index contributed by atoms with van der Waals surface area (Å²) in [6.07, 6.45) is 7.20. The van der Waals surface area contributed by atoms with E-state index in [-0.39, 0.29) is 17.7 Å². The Hall–Kier alpha value is -3.26. The molecule has 0 fully saturated rings. The van der Waals surface area contributed by atoms with E-state index in [2.05, 4.69) is 35.8 Å². The van der Waals surface area contributed by atoms with Crippen molar-refractivity contribution in [3.63, 3.8) is 0 Å². The number of nitrogens with zero attached hydrogens (tertiary/aromatic N) is 1. The van der Waals surface area contributed by atoms with Gasteiger partial charge in [0.15, 0.2) is 0 Å². The van der Waals surface area contributed by atoms with Crippen LogP contribution in [0.4, 0.5) is 0 Å². The molecule has 0 saturated heterocycles. The number of rotatable bonds is 8. The summed E-state index contributed by atoms with van der Waals surface area (Å²) in [6, 6.07) is 16.0. The second kappa shape index (κ2) is 10.7. The highest BCUT2D eigenvalue weighted by Crippen LogP contribution is 2.26. The molecule has 5 heteroatoms. The Balaban J connectivity index is 1.66. The van der Waals surface area contributed by atoms with Gasteiger partial charge in [0.2, 0.25) is 0 Å². The average molecular weight is 418 g/mol. The number of carbonyl (C=O) groups excluding carboxylic acids is 1. The Morgan fingerprint density at radius 3 is 2.45 bits per heavy atom. The molecule has 0 radical (unpaired) electrons. The molecule has 2 unspecified atom stereocenters. The van der Waals surface area contributed by atoms with E-state index < -0.39 is 5.91 Å². The van der Waals surface area contributed by atoms with Gasteiger partial charge < -0.3 is 15.4 Å². The van der Waals surface area contributed by atoms with Gasteiger partial charge in [-0.15, -0.1) is 0 Å². The van der Waals surface area contributed by atoms with Crippen molar-refractivity contribution in [3.05, 3.63) is 76.5 Å². The molecule has 0 heterocycles. The summed E-state index contributed by atoms with van der Waals surface area (Å²) >= 11 is 0. The molecule has 3 rings (SSSR count). The number of amides is 1. The maximum absolute atomic E-state index is 12.6. The zero-order valence-electron chi connectivity index (χ0n) is 18.6. The molecule has 31 heavy (non-hydrogen) atoms. The summed E-state index contributed by atoms with van der Waals surface area (Å²) in [5.41, 5.74) is 5.09. The second-order valence-electron chi connectivity index (χ2n) is 8.00. The van der Waals surface area contributed by atoms with Gasteiger partial charge in [0.25, 0.3) is 5.91 Å². The summed E-state index contributed by atoms with van der Waals surface area (Å²) in [6.45, 7) is 3.99. The van der Waals surface area contributed by atoms with Crippen LogP contribution in [0.2, 0.25) is 0 Å². The van der Waals surface area contributed by atoms with Crippen LogP contribution in [-0.2, 0) is 17.6 Å². The fraction of sp³-hybridized carbons (Fsp3) is 0.385. The summed E-state index contributed by atoms with van der Waals surface area (Å²) in [7, 11) is 1.62. The molecule has 2 atom stereocenters. The third-order valence-electron chi connectivity index (χ3n) is 5.94. The van der Waals surface area contributed by atoms with E-state index >= 15 is 0 Å². The summed E-state index contributed by atoms with van der Waals surface area (Å²) < 4.78 is 5.17. The van der Waals surface area contributed by atoms with E-state index in [1.807, 2.05) is 37.3 Å². The van der Waals surface area contributed by atoms with Crippen molar-refractivity contribution in [3.8, 4) is 11.8 Å². The monoisotopic (exact) mass is 417 g/mol. The predicted molar refractivity (Wildman–Crippen MR) is 122 cm³/mol. The minimum absolute atomic E-state index is 0.0578. The van der Waals surface area contributed by atoms with Crippen LogP contribution < -0.4 is 15.4 Å². The maximum Gasteiger partial charge on any atom is 0.263 e. The fourth-order valence-electron chi connectivity index (χ4n) is 4.00. The quantitative estimate of drug-likeness (QED) is 0.473. The standard InChI is InChI=1S/C26H31N3O2/c1-4-25(22-10-9-20-7-5-6-8-21(20)15-22)28-17-23(16-27)26(30)29-18(2)19-11-13-24(31-3)14-12-19/h9-15,17-18,25,28H,4-8H2,1-3H3,(H,29,30)/b23-17-. The number of ether oxygens (including phenoxy) is 1. The molecular weight excluding hydrogens is 386 g/mol. The van der Waals surface area contributed by atoms with Crippen molar-refractivity contribution < 1.29 is 9.53 Å².